The number of rotatable bonds is 3. The number of benzene rings is 1. The minimum atomic E-state index is -1.27. The molecule has 2 unspecified atom stereocenters. The van der Waals surface area contributed by atoms with Gasteiger partial charge in [-0.05, 0) is 49.8 Å². The van der Waals surface area contributed by atoms with Crippen LogP contribution in [-0.2, 0) is 9.53 Å². The lowest BCUT2D eigenvalue weighted by molar-refractivity contribution is -0.140. The monoisotopic (exact) mass is 327 g/mol. The first-order chi connectivity index (χ1) is 10.5. The van der Waals surface area contributed by atoms with E-state index < -0.39 is 17.5 Å². The number of carbonyl (C=O) groups is 1. The number of halogens is 2. The minimum absolute atomic E-state index is 0.0580. The lowest BCUT2D eigenvalue weighted by atomic mass is 9.98. The largest absolute Gasteiger partial charge is 0.380 e. The standard InChI is InChI=1S/C16H19ClFNO3/c17-11-4-3-10(9-12(11)18)14-13(5-8-22-14)19-15(20)16(21)6-1-2-7-16/h3-4,9,13-14,21H,1-2,5-8H2,(H,19,20). The molecule has 0 radical (unpaired) electrons. The van der Waals surface area contributed by atoms with E-state index >= 15 is 0 Å². The van der Waals surface area contributed by atoms with Gasteiger partial charge in [-0.2, -0.15) is 0 Å². The Labute approximate surface area is 133 Å². The fourth-order valence-corrected chi connectivity index (χ4v) is 3.36. The first-order valence-corrected chi connectivity index (χ1v) is 7.97. The SMILES string of the molecule is O=C(NC1CCOC1c1ccc(Cl)c(F)c1)C1(O)CCCC1. The summed E-state index contributed by atoms with van der Waals surface area (Å²) < 4.78 is 19.3. The molecule has 0 aromatic heterocycles. The van der Waals surface area contributed by atoms with E-state index in [1.165, 1.54) is 12.1 Å². The summed E-state index contributed by atoms with van der Waals surface area (Å²) in [6.45, 7) is 0.484. The van der Waals surface area contributed by atoms with Crippen molar-refractivity contribution in [1.82, 2.24) is 5.32 Å². The molecule has 120 valence electrons. The van der Waals surface area contributed by atoms with Crippen molar-refractivity contribution in [3.05, 3.63) is 34.6 Å². The first-order valence-electron chi connectivity index (χ1n) is 7.59. The number of carbonyl (C=O) groups excluding carboxylic acids is 1. The highest BCUT2D eigenvalue weighted by Gasteiger charge is 2.41. The van der Waals surface area contributed by atoms with Crippen LogP contribution in [0.3, 0.4) is 0 Å². The van der Waals surface area contributed by atoms with Crippen LogP contribution >= 0.6 is 11.6 Å². The van der Waals surface area contributed by atoms with Crippen LogP contribution in [0.15, 0.2) is 18.2 Å². The summed E-state index contributed by atoms with van der Waals surface area (Å²) in [5.74, 6) is -0.853. The Morgan fingerprint density at radius 1 is 1.41 bits per heavy atom. The molecular weight excluding hydrogens is 309 g/mol. The molecule has 1 aromatic rings. The van der Waals surface area contributed by atoms with Gasteiger partial charge in [-0.1, -0.05) is 17.7 Å². The quantitative estimate of drug-likeness (QED) is 0.897. The molecule has 1 aliphatic carbocycles. The van der Waals surface area contributed by atoms with E-state index in [0.717, 1.165) is 12.8 Å². The molecule has 22 heavy (non-hydrogen) atoms. The number of ether oxygens (including phenoxy) is 1. The normalized spacial score (nSPS) is 27.0. The van der Waals surface area contributed by atoms with Crippen LogP contribution in [0.4, 0.5) is 4.39 Å². The van der Waals surface area contributed by atoms with Gasteiger partial charge < -0.3 is 15.2 Å². The van der Waals surface area contributed by atoms with Gasteiger partial charge in [0.05, 0.1) is 11.1 Å². The van der Waals surface area contributed by atoms with Gasteiger partial charge in [0.1, 0.15) is 17.5 Å². The highest BCUT2D eigenvalue weighted by atomic mass is 35.5. The molecule has 2 atom stereocenters. The molecule has 1 heterocycles. The number of aliphatic hydroxyl groups is 1. The van der Waals surface area contributed by atoms with E-state index in [1.807, 2.05) is 0 Å². The van der Waals surface area contributed by atoms with Crippen molar-refractivity contribution in [2.75, 3.05) is 6.61 Å². The van der Waals surface area contributed by atoms with Crippen molar-refractivity contribution in [3.63, 3.8) is 0 Å². The average Bonchev–Trinajstić information content (AvgIpc) is 3.12. The Kier molecular flexibility index (Phi) is 4.39. The second-order valence-corrected chi connectivity index (χ2v) is 6.48. The predicted molar refractivity (Wildman–Crippen MR) is 80.1 cm³/mol. The molecule has 1 saturated carbocycles. The third-order valence-electron chi connectivity index (χ3n) is 4.53. The maximum absolute atomic E-state index is 13.6. The van der Waals surface area contributed by atoms with Crippen molar-refractivity contribution in [2.45, 2.75) is 49.9 Å². The van der Waals surface area contributed by atoms with Crippen LogP contribution < -0.4 is 5.32 Å². The molecular formula is C16H19ClFNO3. The van der Waals surface area contributed by atoms with Crippen molar-refractivity contribution in [3.8, 4) is 0 Å². The van der Waals surface area contributed by atoms with E-state index in [9.17, 15) is 14.3 Å². The lowest BCUT2D eigenvalue weighted by Crippen LogP contribution is -2.49. The number of hydrogen-bond donors (Lipinski definition) is 2. The lowest BCUT2D eigenvalue weighted by Gasteiger charge is -2.26. The van der Waals surface area contributed by atoms with E-state index in [0.29, 0.717) is 31.4 Å². The molecule has 2 aliphatic rings. The Morgan fingerprint density at radius 3 is 2.82 bits per heavy atom. The number of hydrogen-bond acceptors (Lipinski definition) is 3. The molecule has 6 heteroatoms. The molecule has 1 aromatic carbocycles. The molecule has 4 nitrogen and oxygen atoms in total. The molecule has 1 amide bonds. The zero-order valence-electron chi connectivity index (χ0n) is 12.1. The van der Waals surface area contributed by atoms with E-state index in [-0.39, 0.29) is 17.0 Å². The van der Waals surface area contributed by atoms with Gasteiger partial charge in [-0.25, -0.2) is 4.39 Å². The summed E-state index contributed by atoms with van der Waals surface area (Å²) in [4.78, 5) is 12.3. The number of amides is 1. The van der Waals surface area contributed by atoms with Crippen LogP contribution in [0.25, 0.3) is 0 Å². The van der Waals surface area contributed by atoms with Crippen LogP contribution in [0.2, 0.25) is 5.02 Å². The molecule has 1 aliphatic heterocycles. The molecule has 3 rings (SSSR count). The molecule has 2 fully saturated rings. The number of nitrogens with one attached hydrogen (secondary N) is 1. The summed E-state index contributed by atoms with van der Waals surface area (Å²) in [7, 11) is 0. The Bertz CT molecular complexity index is 575. The van der Waals surface area contributed by atoms with Gasteiger partial charge in [0.15, 0.2) is 0 Å². The summed E-state index contributed by atoms with van der Waals surface area (Å²) in [5, 5.41) is 13.3. The summed E-state index contributed by atoms with van der Waals surface area (Å²) in [5.41, 5.74) is -0.624. The van der Waals surface area contributed by atoms with Crippen molar-refractivity contribution >= 4 is 17.5 Å². The van der Waals surface area contributed by atoms with Crippen molar-refractivity contribution in [2.24, 2.45) is 0 Å². The maximum Gasteiger partial charge on any atom is 0.252 e. The van der Waals surface area contributed by atoms with Gasteiger partial charge >= 0.3 is 0 Å². The Hall–Kier alpha value is -1.17. The fraction of sp³-hybridized carbons (Fsp3) is 0.562. The average molecular weight is 328 g/mol. The summed E-state index contributed by atoms with van der Waals surface area (Å²) in [6.07, 6.45) is 2.92. The van der Waals surface area contributed by atoms with Gasteiger partial charge in [0.25, 0.3) is 5.91 Å². The zero-order valence-corrected chi connectivity index (χ0v) is 12.9. The Morgan fingerprint density at radius 2 is 2.14 bits per heavy atom. The van der Waals surface area contributed by atoms with E-state index in [4.69, 9.17) is 16.3 Å². The third kappa shape index (κ3) is 2.98. The first kappa shape index (κ1) is 15.7. The smallest absolute Gasteiger partial charge is 0.252 e. The summed E-state index contributed by atoms with van der Waals surface area (Å²) in [6, 6.07) is 4.25. The molecule has 1 saturated heterocycles. The zero-order chi connectivity index (χ0) is 15.7. The van der Waals surface area contributed by atoms with Gasteiger partial charge in [-0.3, -0.25) is 4.79 Å². The van der Waals surface area contributed by atoms with Crippen molar-refractivity contribution < 1.29 is 19.0 Å². The highest BCUT2D eigenvalue weighted by Crippen LogP contribution is 2.33. The second kappa shape index (κ2) is 6.14. The third-order valence-corrected chi connectivity index (χ3v) is 4.84. The van der Waals surface area contributed by atoms with Crippen LogP contribution in [0.5, 0.6) is 0 Å². The van der Waals surface area contributed by atoms with Crippen LogP contribution in [-0.4, -0.2) is 29.3 Å². The molecule has 0 spiro atoms. The maximum atomic E-state index is 13.6. The van der Waals surface area contributed by atoms with Gasteiger partial charge in [0.2, 0.25) is 0 Å². The van der Waals surface area contributed by atoms with E-state index in [1.54, 1.807) is 6.07 Å². The highest BCUT2D eigenvalue weighted by molar-refractivity contribution is 6.30. The van der Waals surface area contributed by atoms with Crippen LogP contribution in [0.1, 0.15) is 43.8 Å². The molecule has 0 bridgehead atoms. The topological polar surface area (TPSA) is 58.6 Å². The minimum Gasteiger partial charge on any atom is -0.380 e. The van der Waals surface area contributed by atoms with E-state index in [2.05, 4.69) is 5.32 Å². The van der Waals surface area contributed by atoms with Gasteiger partial charge in [-0.15, -0.1) is 0 Å². The van der Waals surface area contributed by atoms with Gasteiger partial charge in [0, 0.05) is 6.61 Å². The Balaban J connectivity index is 1.73. The summed E-state index contributed by atoms with van der Waals surface area (Å²) >= 11 is 5.69. The fourth-order valence-electron chi connectivity index (χ4n) is 3.24. The predicted octanol–water partition coefficient (Wildman–Crippen LogP) is 2.73. The van der Waals surface area contributed by atoms with Crippen molar-refractivity contribution in [1.29, 1.82) is 0 Å². The van der Waals surface area contributed by atoms with Crippen LogP contribution in [0, 0.1) is 5.82 Å². The second-order valence-electron chi connectivity index (χ2n) is 6.07. The molecule has 2 N–H and O–H groups in total.